The van der Waals surface area contributed by atoms with Gasteiger partial charge in [0, 0.05) is 69.4 Å². The van der Waals surface area contributed by atoms with E-state index >= 15 is 0 Å². The lowest BCUT2D eigenvalue weighted by atomic mass is 9.97. The smallest absolute Gasteiger partial charge is 0.324 e. The first-order valence-corrected chi connectivity index (χ1v) is 15.3. The highest BCUT2D eigenvalue weighted by molar-refractivity contribution is 5.95. The van der Waals surface area contributed by atoms with Crippen LogP contribution in [0.3, 0.4) is 0 Å². The third-order valence-corrected chi connectivity index (χ3v) is 8.84. The molecule has 0 radical (unpaired) electrons. The molecule has 0 spiro atoms. The molecule has 2 fully saturated rings. The Morgan fingerprint density at radius 3 is 2.81 bits per heavy atom. The van der Waals surface area contributed by atoms with Gasteiger partial charge in [-0.25, -0.2) is 9.18 Å². The van der Waals surface area contributed by atoms with Gasteiger partial charge in [0.25, 0.3) is 5.91 Å². The first kappa shape index (κ1) is 29.1. The number of hydrogen-bond donors (Lipinski definition) is 3. The maximum atomic E-state index is 14.7. The minimum absolute atomic E-state index is 0.0361. The van der Waals surface area contributed by atoms with Gasteiger partial charge < -0.3 is 30.5 Å². The summed E-state index contributed by atoms with van der Waals surface area (Å²) in [6.45, 7) is 7.93. The Hall–Kier alpha value is -3.96. The summed E-state index contributed by atoms with van der Waals surface area (Å²) in [5, 5.41) is 9.98. The van der Waals surface area contributed by atoms with Crippen LogP contribution in [-0.4, -0.2) is 84.7 Å². The number of anilines is 1. The summed E-state index contributed by atoms with van der Waals surface area (Å²) in [6, 6.07) is 8.59. The number of piperazine rings is 1. The molecule has 10 nitrogen and oxygen atoms in total. The zero-order chi connectivity index (χ0) is 30.0. The Bertz CT molecular complexity index is 1410. The molecule has 4 aliphatic rings. The van der Waals surface area contributed by atoms with Crippen LogP contribution in [0.4, 0.5) is 14.9 Å². The van der Waals surface area contributed by atoms with E-state index in [0.29, 0.717) is 50.6 Å². The molecular formula is C32H40FN7O3. The summed E-state index contributed by atoms with van der Waals surface area (Å²) >= 11 is 0. The minimum atomic E-state index is -1.06. The maximum Gasteiger partial charge on any atom is 0.324 e. The van der Waals surface area contributed by atoms with Gasteiger partial charge in [-0.1, -0.05) is 25.1 Å². The fourth-order valence-corrected chi connectivity index (χ4v) is 6.63. The number of rotatable bonds is 7. The number of carbonyl (C=O) groups excluding carboxylic acids is 2. The van der Waals surface area contributed by atoms with E-state index < -0.39 is 5.72 Å². The van der Waals surface area contributed by atoms with Crippen LogP contribution in [0.2, 0.25) is 0 Å². The fourth-order valence-electron chi connectivity index (χ4n) is 6.63. The highest BCUT2D eigenvalue weighted by Crippen LogP contribution is 2.35. The predicted molar refractivity (Wildman–Crippen MR) is 161 cm³/mol. The fraction of sp³-hybridized carbons (Fsp3) is 0.469. The van der Waals surface area contributed by atoms with E-state index in [0.717, 1.165) is 42.8 Å². The summed E-state index contributed by atoms with van der Waals surface area (Å²) in [6.07, 6.45) is 9.63. The summed E-state index contributed by atoms with van der Waals surface area (Å²) < 4.78 is 21.0. The van der Waals surface area contributed by atoms with Crippen molar-refractivity contribution in [2.45, 2.75) is 50.9 Å². The highest BCUT2D eigenvalue weighted by Gasteiger charge is 2.41. The van der Waals surface area contributed by atoms with Gasteiger partial charge in [-0.05, 0) is 62.6 Å². The number of halogens is 1. The Labute approximate surface area is 252 Å². The third-order valence-electron chi connectivity index (χ3n) is 8.84. The molecule has 1 unspecified atom stereocenters. The van der Waals surface area contributed by atoms with Crippen LogP contribution in [0, 0.1) is 5.82 Å². The molecule has 6 rings (SSSR count). The zero-order valence-corrected chi connectivity index (χ0v) is 24.8. The average Bonchev–Trinajstić information content (AvgIpc) is 3.72. The number of benzene rings is 1. The number of fused-ring (bicyclic) bond motifs is 1. The van der Waals surface area contributed by atoms with Crippen molar-refractivity contribution in [1.29, 1.82) is 0 Å². The van der Waals surface area contributed by atoms with Crippen LogP contribution in [0.5, 0.6) is 0 Å². The van der Waals surface area contributed by atoms with E-state index in [1.54, 1.807) is 23.4 Å². The van der Waals surface area contributed by atoms with Crippen molar-refractivity contribution in [1.82, 2.24) is 30.7 Å². The lowest BCUT2D eigenvalue weighted by Crippen LogP contribution is -2.58. The number of aromatic nitrogens is 1. The summed E-state index contributed by atoms with van der Waals surface area (Å²) in [5.41, 5.74) is 2.19. The van der Waals surface area contributed by atoms with Crippen LogP contribution in [0.15, 0.2) is 66.3 Å². The van der Waals surface area contributed by atoms with E-state index in [1.165, 1.54) is 6.07 Å². The number of hydrogen-bond acceptors (Lipinski definition) is 7. The molecular weight excluding hydrogens is 549 g/mol. The SMILES string of the molecule is CCOC1(c2cccnc2)C=CC(N2CCN(C(=O)N3CCc4cccc(F)c43)C[C@H]2CC)=C(C(=O)N[C@@H]2CCNC2)N1. The van der Waals surface area contributed by atoms with Crippen molar-refractivity contribution in [3.05, 3.63) is 83.2 Å². The number of para-hydroxylation sites is 1. The summed E-state index contributed by atoms with van der Waals surface area (Å²) in [7, 11) is 0. The maximum absolute atomic E-state index is 14.7. The Balaban J connectivity index is 1.28. The molecule has 0 saturated carbocycles. The van der Waals surface area contributed by atoms with E-state index in [2.05, 4.69) is 32.8 Å². The van der Waals surface area contributed by atoms with Crippen LogP contribution in [0.1, 0.15) is 37.8 Å². The molecule has 1 aromatic carbocycles. The number of dihydropyridines is 1. The minimum Gasteiger partial charge on any atom is -0.363 e. The van der Waals surface area contributed by atoms with Crippen molar-refractivity contribution in [2.24, 2.45) is 0 Å². The molecule has 4 aliphatic heterocycles. The van der Waals surface area contributed by atoms with Crippen molar-refractivity contribution >= 4 is 17.6 Å². The van der Waals surface area contributed by atoms with Crippen molar-refractivity contribution in [2.75, 3.05) is 50.8 Å². The number of allylic oxidation sites excluding steroid dienone is 1. The quantitative estimate of drug-likeness (QED) is 0.457. The first-order valence-electron chi connectivity index (χ1n) is 15.3. The van der Waals surface area contributed by atoms with E-state index in [9.17, 15) is 14.0 Å². The predicted octanol–water partition coefficient (Wildman–Crippen LogP) is 2.84. The van der Waals surface area contributed by atoms with Gasteiger partial charge in [-0.3, -0.25) is 14.7 Å². The molecule has 3 atom stereocenters. The molecule has 43 heavy (non-hydrogen) atoms. The summed E-state index contributed by atoms with van der Waals surface area (Å²) in [5.74, 6) is -0.560. The monoisotopic (exact) mass is 589 g/mol. The Kier molecular flexibility index (Phi) is 8.36. The topological polar surface area (TPSA) is 102 Å². The van der Waals surface area contributed by atoms with Gasteiger partial charge in [0.2, 0.25) is 0 Å². The number of nitrogens with zero attached hydrogens (tertiary/aromatic N) is 4. The number of nitrogens with one attached hydrogen (secondary N) is 3. The summed E-state index contributed by atoms with van der Waals surface area (Å²) in [4.78, 5) is 37.5. The molecule has 3 N–H and O–H groups in total. The van der Waals surface area contributed by atoms with Gasteiger partial charge in [0.1, 0.15) is 11.5 Å². The van der Waals surface area contributed by atoms with Gasteiger partial charge in [-0.2, -0.15) is 0 Å². The standard InChI is InChI=1S/C32H40FN7O3/c1-3-25-21-38(31(42)40-16-12-22-7-5-9-26(33)29(22)40)17-18-39(25)27-10-13-32(43-4-2,23-8-6-14-34-19-23)37-28(27)30(41)36-24-11-15-35-20-24/h5-10,13-14,19,24-25,35,37H,3-4,11-12,15-18,20-21H2,1-2H3,(H,36,41)/t24-,25-,32?/m1/s1. The molecule has 2 saturated heterocycles. The third kappa shape index (κ3) is 5.59. The number of ether oxygens (including phenoxy) is 1. The molecule has 0 aliphatic carbocycles. The van der Waals surface area contributed by atoms with Gasteiger partial charge in [-0.15, -0.1) is 0 Å². The lowest BCUT2D eigenvalue weighted by molar-refractivity contribution is -0.120. The van der Waals surface area contributed by atoms with E-state index in [4.69, 9.17) is 4.74 Å². The van der Waals surface area contributed by atoms with Gasteiger partial charge in [0.15, 0.2) is 5.72 Å². The Morgan fingerprint density at radius 2 is 2.07 bits per heavy atom. The number of pyridine rings is 1. The second-order valence-electron chi connectivity index (χ2n) is 11.4. The van der Waals surface area contributed by atoms with Crippen LogP contribution in [-0.2, 0) is 21.7 Å². The first-order chi connectivity index (χ1) is 20.9. The number of carbonyl (C=O) groups is 2. The molecule has 1 aromatic heterocycles. The molecule has 228 valence electrons. The van der Waals surface area contributed by atoms with E-state index in [-0.39, 0.29) is 29.8 Å². The Morgan fingerprint density at radius 1 is 1.19 bits per heavy atom. The molecule has 11 heteroatoms. The molecule has 3 amide bonds. The van der Waals surface area contributed by atoms with Crippen LogP contribution >= 0.6 is 0 Å². The number of amides is 3. The molecule has 0 bridgehead atoms. The molecule has 2 aromatic rings. The van der Waals surface area contributed by atoms with Crippen molar-refractivity contribution < 1.29 is 18.7 Å². The van der Waals surface area contributed by atoms with Crippen molar-refractivity contribution in [3.63, 3.8) is 0 Å². The lowest BCUT2D eigenvalue weighted by Gasteiger charge is -2.46. The second-order valence-corrected chi connectivity index (χ2v) is 11.4. The van der Waals surface area contributed by atoms with Gasteiger partial charge in [0.05, 0.1) is 11.4 Å². The second kappa shape index (κ2) is 12.3. The van der Waals surface area contributed by atoms with Gasteiger partial charge >= 0.3 is 6.03 Å². The van der Waals surface area contributed by atoms with E-state index in [1.807, 2.05) is 42.2 Å². The normalized spacial score (nSPS) is 25.1. The average molecular weight is 590 g/mol. The largest absolute Gasteiger partial charge is 0.363 e. The van der Waals surface area contributed by atoms with Crippen LogP contribution in [0.25, 0.3) is 0 Å². The zero-order valence-electron chi connectivity index (χ0n) is 24.8. The number of urea groups is 1. The molecule has 5 heterocycles. The van der Waals surface area contributed by atoms with Crippen molar-refractivity contribution in [3.8, 4) is 0 Å². The van der Waals surface area contributed by atoms with Crippen LogP contribution < -0.4 is 20.9 Å². The highest BCUT2D eigenvalue weighted by atomic mass is 19.1.